The molecule has 0 aliphatic heterocycles. The Morgan fingerprint density at radius 3 is 2.31 bits per heavy atom. The van der Waals surface area contributed by atoms with Crippen molar-refractivity contribution in [2.75, 3.05) is 4.72 Å². The Labute approximate surface area is 97.5 Å². The van der Waals surface area contributed by atoms with Crippen molar-refractivity contribution >= 4 is 31.9 Å². The van der Waals surface area contributed by atoms with Gasteiger partial charge in [-0.05, 0) is 34.1 Å². The van der Waals surface area contributed by atoms with Crippen molar-refractivity contribution in [3.8, 4) is 0 Å². The summed E-state index contributed by atoms with van der Waals surface area (Å²) < 4.78 is 67.8. The summed E-state index contributed by atoms with van der Waals surface area (Å²) in [5.41, 5.74) is -1.42. The summed E-state index contributed by atoms with van der Waals surface area (Å²) in [6, 6.07) is 2.37. The smallest absolute Gasteiger partial charge is 0.269 e. The van der Waals surface area contributed by atoms with Crippen LogP contribution in [0.5, 0.6) is 0 Å². The van der Waals surface area contributed by atoms with Crippen molar-refractivity contribution in [2.45, 2.75) is 6.18 Å². The minimum Gasteiger partial charge on any atom is -0.269 e. The van der Waals surface area contributed by atoms with Crippen LogP contribution < -0.4 is 4.72 Å². The van der Waals surface area contributed by atoms with Crippen LogP contribution in [-0.2, 0) is 16.5 Å². The van der Waals surface area contributed by atoms with Crippen LogP contribution in [0.1, 0.15) is 5.56 Å². The zero-order valence-corrected chi connectivity index (χ0v) is 9.82. The summed E-state index contributed by atoms with van der Waals surface area (Å²) in [5, 5.41) is 0. The molecule has 0 bridgehead atoms. The average molecular weight is 320 g/mol. The van der Waals surface area contributed by atoms with E-state index in [0.29, 0.717) is 6.07 Å². The second-order valence-corrected chi connectivity index (χ2v) is 4.78. The van der Waals surface area contributed by atoms with E-state index in [2.05, 4.69) is 15.9 Å². The maximum atomic E-state index is 12.3. The zero-order valence-electron chi connectivity index (χ0n) is 7.42. The van der Waals surface area contributed by atoms with E-state index in [1.165, 1.54) is 0 Å². The molecule has 0 saturated heterocycles. The molecule has 0 spiro atoms. The summed E-state index contributed by atoms with van der Waals surface area (Å²) in [4.78, 5) is 0. The van der Waals surface area contributed by atoms with Crippen molar-refractivity contribution in [1.82, 2.24) is 0 Å². The van der Waals surface area contributed by atoms with E-state index >= 15 is 0 Å². The highest BCUT2D eigenvalue weighted by molar-refractivity contribution is 9.10. The van der Waals surface area contributed by atoms with Gasteiger partial charge < -0.3 is 0 Å². The number of anilines is 1. The first-order valence-electron chi connectivity index (χ1n) is 3.71. The minimum absolute atomic E-state index is 0.0816. The lowest BCUT2D eigenvalue weighted by Crippen LogP contribution is -2.12. The highest BCUT2D eigenvalue weighted by Crippen LogP contribution is 2.34. The van der Waals surface area contributed by atoms with Crippen LogP contribution in [0.2, 0.25) is 0 Å². The molecule has 0 unspecified atom stereocenters. The monoisotopic (exact) mass is 319 g/mol. The van der Waals surface area contributed by atoms with E-state index in [1.54, 1.807) is 4.72 Å². The van der Waals surface area contributed by atoms with E-state index in [0.717, 1.165) is 12.1 Å². The lowest BCUT2D eigenvalue weighted by Gasteiger charge is -2.10. The Bertz CT molecular complexity index is 500. The molecule has 0 radical (unpaired) electrons. The van der Waals surface area contributed by atoms with Crippen molar-refractivity contribution < 1.29 is 26.1 Å². The molecule has 0 amide bonds. The number of hydrogen-bond acceptors (Lipinski definition) is 2. The molecule has 0 atom stereocenters. The minimum atomic E-state index is -4.61. The van der Waals surface area contributed by atoms with Crippen LogP contribution in [-0.4, -0.2) is 13.0 Å². The molecular weight excluding hydrogens is 315 g/mol. The molecule has 0 aromatic heterocycles. The first-order chi connectivity index (χ1) is 7.09. The molecule has 9 heteroatoms. The third-order valence-electron chi connectivity index (χ3n) is 1.53. The zero-order chi connectivity index (χ0) is 12.6. The Morgan fingerprint density at radius 1 is 1.31 bits per heavy atom. The molecule has 16 heavy (non-hydrogen) atoms. The molecule has 0 fully saturated rings. The van der Waals surface area contributed by atoms with Gasteiger partial charge in [0.15, 0.2) is 0 Å². The molecule has 0 aliphatic carbocycles. The molecule has 0 heterocycles. The molecule has 0 aliphatic rings. The molecule has 4 nitrogen and oxygen atoms in total. The van der Waals surface area contributed by atoms with E-state index in [1.807, 2.05) is 0 Å². The summed E-state index contributed by atoms with van der Waals surface area (Å²) in [5.74, 6) is 0. The molecule has 90 valence electrons. The van der Waals surface area contributed by atoms with Gasteiger partial charge in [0.25, 0.3) is 0 Å². The van der Waals surface area contributed by atoms with Crippen molar-refractivity contribution in [1.29, 1.82) is 0 Å². The van der Waals surface area contributed by atoms with Crippen LogP contribution in [0, 0.1) is 0 Å². The Balaban J connectivity index is 3.20. The van der Waals surface area contributed by atoms with Crippen LogP contribution in [0.4, 0.5) is 18.9 Å². The van der Waals surface area contributed by atoms with E-state index in [9.17, 15) is 21.6 Å². The van der Waals surface area contributed by atoms with Crippen molar-refractivity contribution in [3.05, 3.63) is 28.2 Å². The van der Waals surface area contributed by atoms with E-state index in [-0.39, 0.29) is 4.47 Å². The predicted octanol–water partition coefficient (Wildman–Crippen LogP) is 2.68. The van der Waals surface area contributed by atoms with Gasteiger partial charge in [-0.3, -0.25) is 9.27 Å². The van der Waals surface area contributed by atoms with Crippen molar-refractivity contribution in [3.63, 3.8) is 0 Å². The summed E-state index contributed by atoms with van der Waals surface area (Å²) in [7, 11) is -4.61. The Kier molecular flexibility index (Phi) is 3.50. The molecular formula is C7H5BrF3NO3S. The highest BCUT2D eigenvalue weighted by atomic mass is 79.9. The number of halogens is 4. The second-order valence-electron chi connectivity index (χ2n) is 2.77. The van der Waals surface area contributed by atoms with Gasteiger partial charge in [-0.25, -0.2) is 0 Å². The van der Waals surface area contributed by atoms with Gasteiger partial charge in [0, 0.05) is 4.47 Å². The van der Waals surface area contributed by atoms with Crippen LogP contribution in [0.25, 0.3) is 0 Å². The first-order valence-corrected chi connectivity index (χ1v) is 5.95. The third-order valence-corrected chi connectivity index (χ3v) is 2.70. The summed E-state index contributed by atoms with van der Waals surface area (Å²) in [6.07, 6.45) is -4.59. The third kappa shape index (κ3) is 3.65. The van der Waals surface area contributed by atoms with Gasteiger partial charge in [-0.1, -0.05) is 0 Å². The number of hydrogen-bond donors (Lipinski definition) is 2. The maximum Gasteiger partial charge on any atom is 0.416 e. The fourth-order valence-corrected chi connectivity index (χ4v) is 1.84. The van der Waals surface area contributed by atoms with Gasteiger partial charge in [0.2, 0.25) is 0 Å². The molecule has 1 aromatic rings. The van der Waals surface area contributed by atoms with Gasteiger partial charge >= 0.3 is 16.5 Å². The van der Waals surface area contributed by atoms with E-state index in [4.69, 9.17) is 4.55 Å². The Hall–Kier alpha value is -0.800. The van der Waals surface area contributed by atoms with Gasteiger partial charge in [0.1, 0.15) is 0 Å². The largest absolute Gasteiger partial charge is 0.416 e. The number of alkyl halides is 3. The number of nitrogens with one attached hydrogen (secondary N) is 1. The van der Waals surface area contributed by atoms with Crippen LogP contribution in [0.3, 0.4) is 0 Å². The predicted molar refractivity (Wildman–Crippen MR) is 54.3 cm³/mol. The maximum absolute atomic E-state index is 12.3. The number of benzene rings is 1. The quantitative estimate of drug-likeness (QED) is 0.824. The fraction of sp³-hybridized carbons (Fsp3) is 0.143. The topological polar surface area (TPSA) is 66.4 Å². The molecule has 0 saturated carbocycles. The van der Waals surface area contributed by atoms with Crippen LogP contribution >= 0.6 is 15.9 Å². The second kappa shape index (κ2) is 4.22. The highest BCUT2D eigenvalue weighted by Gasteiger charge is 2.31. The summed E-state index contributed by atoms with van der Waals surface area (Å²) in [6.45, 7) is 0. The fourth-order valence-electron chi connectivity index (χ4n) is 0.919. The van der Waals surface area contributed by atoms with Gasteiger partial charge in [-0.15, -0.1) is 0 Å². The SMILES string of the molecule is O=S(=O)(O)Nc1cc(C(F)(F)F)ccc1Br. The first kappa shape index (κ1) is 13.3. The van der Waals surface area contributed by atoms with Crippen molar-refractivity contribution in [2.24, 2.45) is 0 Å². The average Bonchev–Trinajstić information content (AvgIpc) is 2.04. The molecule has 1 rings (SSSR count). The van der Waals surface area contributed by atoms with Crippen LogP contribution in [0.15, 0.2) is 22.7 Å². The summed E-state index contributed by atoms with van der Waals surface area (Å²) >= 11 is 2.84. The van der Waals surface area contributed by atoms with Gasteiger partial charge in [0.05, 0.1) is 11.3 Å². The normalized spacial score (nSPS) is 12.6. The Morgan fingerprint density at radius 2 is 1.88 bits per heavy atom. The van der Waals surface area contributed by atoms with E-state index < -0.39 is 27.7 Å². The lowest BCUT2D eigenvalue weighted by atomic mass is 10.2. The van der Waals surface area contributed by atoms with Gasteiger partial charge in [-0.2, -0.15) is 21.6 Å². The molecule has 1 aromatic carbocycles. The number of rotatable bonds is 2. The molecule has 2 N–H and O–H groups in total. The lowest BCUT2D eigenvalue weighted by molar-refractivity contribution is -0.137. The standard InChI is InChI=1S/C7H5BrF3NO3S/c8-5-2-1-4(7(9,10)11)3-6(5)12-16(13,14)15/h1-3,12H,(H,13,14,15).